The minimum atomic E-state index is -4.70. The summed E-state index contributed by atoms with van der Waals surface area (Å²) in [6.07, 6.45) is -3.95. The van der Waals surface area contributed by atoms with Crippen molar-refractivity contribution < 1.29 is 18.4 Å². The highest BCUT2D eigenvalue weighted by molar-refractivity contribution is 9.10. The zero-order chi connectivity index (χ0) is 18.8. The lowest BCUT2D eigenvalue weighted by molar-refractivity contribution is -0.0688. The zero-order valence-corrected chi connectivity index (χ0v) is 15.8. The average Bonchev–Trinajstić information content (AvgIpc) is 2.49. The Morgan fingerprint density at radius 2 is 1.68 bits per heavy atom. The first-order chi connectivity index (χ1) is 11.6. The van der Waals surface area contributed by atoms with Gasteiger partial charge in [-0.1, -0.05) is 50.4 Å². The maximum atomic E-state index is 13.5. The van der Waals surface area contributed by atoms with Crippen LogP contribution in [-0.2, 0) is 0 Å². The van der Waals surface area contributed by atoms with Gasteiger partial charge >= 0.3 is 6.18 Å². The van der Waals surface area contributed by atoms with Crippen LogP contribution in [0.25, 0.3) is 5.57 Å². The van der Waals surface area contributed by atoms with Crippen molar-refractivity contribution in [1.29, 1.82) is 0 Å². The molecule has 2 nitrogen and oxygen atoms in total. The molecule has 0 saturated carbocycles. The SMILES string of the molecule is Cc1cc(C(/C=C(\c2cc(Cl)cc(Cl)c2)C(F)(F)F)=NO)ccc1Br. The van der Waals surface area contributed by atoms with Crippen LogP contribution in [0.2, 0.25) is 10.0 Å². The third-order valence-corrected chi connectivity index (χ3v) is 4.65. The molecule has 0 radical (unpaired) electrons. The van der Waals surface area contributed by atoms with Gasteiger partial charge in [-0.25, -0.2) is 0 Å². The molecule has 0 aliphatic heterocycles. The van der Waals surface area contributed by atoms with Crippen molar-refractivity contribution in [2.45, 2.75) is 13.1 Å². The van der Waals surface area contributed by atoms with Gasteiger partial charge in [-0.2, -0.15) is 13.2 Å². The number of alkyl halides is 3. The van der Waals surface area contributed by atoms with Gasteiger partial charge in [0.25, 0.3) is 0 Å². The molecule has 0 atom stereocenters. The molecule has 0 aliphatic carbocycles. The predicted molar refractivity (Wildman–Crippen MR) is 97.7 cm³/mol. The number of allylic oxidation sites excluding steroid dienone is 2. The molecule has 0 amide bonds. The van der Waals surface area contributed by atoms with E-state index in [1.165, 1.54) is 6.07 Å². The van der Waals surface area contributed by atoms with Gasteiger partial charge in [0.1, 0.15) is 5.71 Å². The first kappa shape index (κ1) is 19.8. The Morgan fingerprint density at radius 3 is 2.16 bits per heavy atom. The fraction of sp³-hybridized carbons (Fsp3) is 0.118. The highest BCUT2D eigenvalue weighted by atomic mass is 79.9. The molecule has 0 unspecified atom stereocenters. The van der Waals surface area contributed by atoms with Crippen molar-refractivity contribution in [3.8, 4) is 0 Å². The van der Waals surface area contributed by atoms with Crippen molar-refractivity contribution in [3.05, 3.63) is 73.7 Å². The summed E-state index contributed by atoms with van der Waals surface area (Å²) in [4.78, 5) is 0. The normalized spacial score (nSPS) is 13.2. The maximum Gasteiger partial charge on any atom is 0.417 e. The van der Waals surface area contributed by atoms with Gasteiger partial charge in [0.2, 0.25) is 0 Å². The lowest BCUT2D eigenvalue weighted by atomic mass is 10.00. The summed E-state index contributed by atoms with van der Waals surface area (Å²) in [5.74, 6) is 0. The van der Waals surface area contributed by atoms with Crippen LogP contribution in [0.1, 0.15) is 16.7 Å². The van der Waals surface area contributed by atoms with Gasteiger partial charge in [0, 0.05) is 20.1 Å². The summed E-state index contributed by atoms with van der Waals surface area (Å²) in [5.41, 5.74) is -0.367. The van der Waals surface area contributed by atoms with E-state index in [0.717, 1.165) is 28.2 Å². The van der Waals surface area contributed by atoms with Crippen molar-refractivity contribution in [1.82, 2.24) is 0 Å². The molecule has 0 aromatic heterocycles. The number of oxime groups is 1. The Morgan fingerprint density at radius 1 is 1.08 bits per heavy atom. The summed E-state index contributed by atoms with van der Waals surface area (Å²) >= 11 is 14.9. The first-order valence-corrected chi connectivity index (χ1v) is 8.40. The van der Waals surface area contributed by atoms with E-state index in [9.17, 15) is 18.4 Å². The van der Waals surface area contributed by atoms with Gasteiger partial charge in [-0.3, -0.25) is 0 Å². The van der Waals surface area contributed by atoms with E-state index in [4.69, 9.17) is 23.2 Å². The maximum absolute atomic E-state index is 13.5. The molecule has 0 bridgehead atoms. The Labute approximate surface area is 160 Å². The topological polar surface area (TPSA) is 32.6 Å². The Hall–Kier alpha value is -1.50. The minimum absolute atomic E-state index is 0.0691. The van der Waals surface area contributed by atoms with Crippen molar-refractivity contribution >= 4 is 50.4 Å². The van der Waals surface area contributed by atoms with E-state index in [0.29, 0.717) is 5.56 Å². The van der Waals surface area contributed by atoms with Crippen LogP contribution < -0.4 is 0 Å². The summed E-state index contributed by atoms with van der Waals surface area (Å²) in [7, 11) is 0. The molecule has 0 heterocycles. The van der Waals surface area contributed by atoms with Gasteiger partial charge in [0.05, 0.1) is 5.57 Å². The number of aryl methyl sites for hydroxylation is 1. The van der Waals surface area contributed by atoms with Crippen LogP contribution in [0.3, 0.4) is 0 Å². The second kappa shape index (κ2) is 7.81. The van der Waals surface area contributed by atoms with E-state index in [1.54, 1.807) is 25.1 Å². The standard InChI is InChI=1S/C17H11BrCl2F3NO/c1-9-4-10(2-3-15(9)18)16(24-25)8-14(17(21,22)23)11-5-12(19)7-13(20)6-11/h2-8,25H,1H3/b14-8+,24-16?. The van der Waals surface area contributed by atoms with Gasteiger partial charge in [0.15, 0.2) is 0 Å². The Kier molecular flexibility index (Phi) is 6.19. The van der Waals surface area contributed by atoms with Crippen LogP contribution in [-0.4, -0.2) is 17.1 Å². The van der Waals surface area contributed by atoms with Gasteiger partial charge < -0.3 is 5.21 Å². The summed E-state index contributed by atoms with van der Waals surface area (Å²) < 4.78 is 41.4. The number of nitrogens with zero attached hydrogens (tertiary/aromatic N) is 1. The molecule has 25 heavy (non-hydrogen) atoms. The van der Waals surface area contributed by atoms with Crippen LogP contribution in [0, 0.1) is 6.92 Å². The zero-order valence-electron chi connectivity index (χ0n) is 12.7. The van der Waals surface area contributed by atoms with E-state index in [2.05, 4.69) is 21.1 Å². The summed E-state index contributed by atoms with van der Waals surface area (Å²) in [6, 6.07) is 8.44. The molecule has 0 saturated heterocycles. The van der Waals surface area contributed by atoms with Crippen molar-refractivity contribution in [3.63, 3.8) is 0 Å². The fourth-order valence-corrected chi connectivity index (χ4v) is 2.92. The van der Waals surface area contributed by atoms with E-state index >= 15 is 0 Å². The third-order valence-electron chi connectivity index (χ3n) is 3.32. The predicted octanol–water partition coefficient (Wildman–Crippen LogP) is 6.89. The molecule has 1 N–H and O–H groups in total. The minimum Gasteiger partial charge on any atom is -0.410 e. The smallest absolute Gasteiger partial charge is 0.410 e. The number of hydrogen-bond donors (Lipinski definition) is 1. The summed E-state index contributed by atoms with van der Waals surface area (Å²) in [5, 5.41) is 12.4. The lowest BCUT2D eigenvalue weighted by Gasteiger charge is -2.14. The fourth-order valence-electron chi connectivity index (χ4n) is 2.15. The highest BCUT2D eigenvalue weighted by Gasteiger charge is 2.35. The van der Waals surface area contributed by atoms with Crippen molar-refractivity contribution in [2.24, 2.45) is 5.16 Å². The third kappa shape index (κ3) is 5.00. The quantitative estimate of drug-likeness (QED) is 0.307. The number of halogens is 6. The van der Waals surface area contributed by atoms with E-state index in [1.807, 2.05) is 0 Å². The van der Waals surface area contributed by atoms with E-state index in [-0.39, 0.29) is 21.3 Å². The molecule has 2 aromatic rings. The molecule has 132 valence electrons. The first-order valence-electron chi connectivity index (χ1n) is 6.85. The average molecular weight is 453 g/mol. The van der Waals surface area contributed by atoms with Crippen LogP contribution >= 0.6 is 39.1 Å². The second-order valence-electron chi connectivity index (χ2n) is 5.16. The van der Waals surface area contributed by atoms with Crippen LogP contribution in [0.5, 0.6) is 0 Å². The molecule has 0 aliphatic rings. The second-order valence-corrected chi connectivity index (χ2v) is 6.89. The molecular weight excluding hydrogens is 442 g/mol. The summed E-state index contributed by atoms with van der Waals surface area (Å²) in [6.45, 7) is 1.77. The largest absolute Gasteiger partial charge is 0.417 e. The lowest BCUT2D eigenvalue weighted by Crippen LogP contribution is -2.13. The molecule has 0 fully saturated rings. The Balaban J connectivity index is 2.61. The van der Waals surface area contributed by atoms with Crippen LogP contribution in [0.4, 0.5) is 13.2 Å². The Bertz CT molecular complexity index is 843. The molecule has 8 heteroatoms. The number of benzene rings is 2. The van der Waals surface area contributed by atoms with Gasteiger partial charge in [-0.15, -0.1) is 0 Å². The highest BCUT2D eigenvalue weighted by Crippen LogP contribution is 2.36. The molecule has 0 spiro atoms. The molecule has 2 rings (SSSR count). The number of rotatable bonds is 3. The van der Waals surface area contributed by atoms with Crippen molar-refractivity contribution in [2.75, 3.05) is 0 Å². The van der Waals surface area contributed by atoms with Crippen LogP contribution in [0.15, 0.2) is 52.1 Å². The number of hydrogen-bond acceptors (Lipinski definition) is 2. The van der Waals surface area contributed by atoms with Gasteiger partial charge in [-0.05, 0) is 54.5 Å². The molecular formula is C17H11BrCl2F3NO. The molecule has 2 aromatic carbocycles. The monoisotopic (exact) mass is 451 g/mol. The van der Waals surface area contributed by atoms with E-state index < -0.39 is 11.7 Å².